The number of pyridine rings is 1. The summed E-state index contributed by atoms with van der Waals surface area (Å²) in [4.78, 5) is 28.4. The van der Waals surface area contributed by atoms with Crippen molar-refractivity contribution in [3.05, 3.63) is 109 Å². The number of benzene rings is 2. The molecule has 152 valence electrons. The van der Waals surface area contributed by atoms with E-state index in [0.717, 1.165) is 16.8 Å². The number of aromatic nitrogens is 3. The van der Waals surface area contributed by atoms with Gasteiger partial charge < -0.3 is 4.74 Å². The first-order valence-electron chi connectivity index (χ1n) is 9.69. The Balaban J connectivity index is 1.52. The normalized spacial score (nSPS) is 10.8. The molecule has 0 amide bonds. The molecule has 0 spiro atoms. The third-order valence-electron chi connectivity index (χ3n) is 4.54. The van der Waals surface area contributed by atoms with Crippen LogP contribution in [0.15, 0.2) is 97.5 Å². The molecule has 0 N–H and O–H groups in total. The molecule has 0 bridgehead atoms. The lowest BCUT2D eigenvalue weighted by molar-refractivity contribution is -0.136. The van der Waals surface area contributed by atoms with E-state index in [1.54, 1.807) is 47.4 Å². The van der Waals surface area contributed by atoms with Crippen LogP contribution < -0.4 is 0 Å². The Kier molecular flexibility index (Phi) is 6.09. The maximum atomic E-state index is 12.2. The quantitative estimate of drug-likeness (QED) is 0.257. The first-order chi connectivity index (χ1) is 15.2. The molecule has 31 heavy (non-hydrogen) atoms. The molecule has 2 aromatic carbocycles. The molecule has 0 aliphatic carbocycles. The molecule has 0 aliphatic heterocycles. The van der Waals surface area contributed by atoms with Gasteiger partial charge in [0.2, 0.25) is 0 Å². The fourth-order valence-electron chi connectivity index (χ4n) is 3.00. The van der Waals surface area contributed by atoms with Crippen LogP contribution in [-0.4, -0.2) is 33.1 Å². The monoisotopic (exact) mass is 409 g/mol. The van der Waals surface area contributed by atoms with Crippen molar-refractivity contribution in [1.29, 1.82) is 0 Å². The number of rotatable bonds is 7. The molecule has 6 heteroatoms. The summed E-state index contributed by atoms with van der Waals surface area (Å²) in [6, 6.07) is 22.1. The lowest BCUT2D eigenvalue weighted by Gasteiger charge is -2.01. The summed E-state index contributed by atoms with van der Waals surface area (Å²) >= 11 is 0. The number of para-hydroxylation sites is 1. The smallest absolute Gasteiger partial charge is 0.331 e. The number of hydrogen-bond donors (Lipinski definition) is 0. The van der Waals surface area contributed by atoms with Crippen molar-refractivity contribution in [1.82, 2.24) is 14.8 Å². The Morgan fingerprint density at radius 2 is 1.68 bits per heavy atom. The first kappa shape index (κ1) is 20.0. The molecule has 0 atom stereocenters. The minimum atomic E-state index is -0.603. The number of ketones is 1. The highest BCUT2D eigenvalue weighted by atomic mass is 16.5. The summed E-state index contributed by atoms with van der Waals surface area (Å²) in [5.41, 5.74) is 3.62. The second kappa shape index (κ2) is 9.45. The summed E-state index contributed by atoms with van der Waals surface area (Å²) in [5, 5.41) is 4.66. The van der Waals surface area contributed by atoms with Crippen LogP contribution in [0.3, 0.4) is 0 Å². The van der Waals surface area contributed by atoms with E-state index in [-0.39, 0.29) is 12.4 Å². The Labute approximate surface area is 179 Å². The van der Waals surface area contributed by atoms with Crippen LogP contribution in [0.1, 0.15) is 15.9 Å². The van der Waals surface area contributed by atoms with Crippen LogP contribution in [0, 0.1) is 0 Å². The highest BCUT2D eigenvalue weighted by Crippen LogP contribution is 2.24. The fraction of sp³-hybridized carbons (Fsp3) is 0.0400. The van der Waals surface area contributed by atoms with E-state index < -0.39 is 5.97 Å². The van der Waals surface area contributed by atoms with E-state index in [1.165, 1.54) is 6.08 Å². The van der Waals surface area contributed by atoms with Crippen LogP contribution in [0.25, 0.3) is 23.0 Å². The summed E-state index contributed by atoms with van der Waals surface area (Å²) in [5.74, 6) is -0.857. The Morgan fingerprint density at radius 1 is 0.935 bits per heavy atom. The van der Waals surface area contributed by atoms with E-state index in [9.17, 15) is 9.59 Å². The molecule has 0 unspecified atom stereocenters. The number of hydrogen-bond acceptors (Lipinski definition) is 5. The SMILES string of the molecule is O=C(C=Cc1cn(-c2ccccc2)nc1-c1cccnc1)OCC(=O)c1ccccc1. The van der Waals surface area contributed by atoms with E-state index in [2.05, 4.69) is 10.1 Å². The van der Waals surface area contributed by atoms with Crippen LogP contribution in [0.5, 0.6) is 0 Å². The predicted octanol–water partition coefficient (Wildman–Crippen LogP) is 4.37. The summed E-state index contributed by atoms with van der Waals surface area (Å²) in [7, 11) is 0. The topological polar surface area (TPSA) is 74.1 Å². The molecule has 0 radical (unpaired) electrons. The predicted molar refractivity (Wildman–Crippen MR) is 118 cm³/mol. The second-order valence-corrected chi connectivity index (χ2v) is 6.69. The van der Waals surface area contributed by atoms with Gasteiger partial charge in [-0.05, 0) is 30.3 Å². The molecule has 0 aliphatic rings. The molecular weight excluding hydrogens is 390 g/mol. The maximum Gasteiger partial charge on any atom is 0.331 e. The van der Waals surface area contributed by atoms with Gasteiger partial charge in [0.15, 0.2) is 12.4 Å². The van der Waals surface area contributed by atoms with Gasteiger partial charge in [-0.2, -0.15) is 5.10 Å². The van der Waals surface area contributed by atoms with Crippen molar-refractivity contribution in [2.75, 3.05) is 6.61 Å². The summed E-state index contributed by atoms with van der Waals surface area (Å²) < 4.78 is 6.84. The molecule has 0 saturated carbocycles. The van der Waals surface area contributed by atoms with Crippen molar-refractivity contribution >= 4 is 17.8 Å². The van der Waals surface area contributed by atoms with Crippen molar-refractivity contribution in [3.8, 4) is 16.9 Å². The Bertz CT molecular complexity index is 1200. The molecule has 2 aromatic heterocycles. The molecule has 4 aromatic rings. The minimum Gasteiger partial charge on any atom is -0.454 e. The van der Waals surface area contributed by atoms with Gasteiger partial charge in [0.1, 0.15) is 5.69 Å². The third-order valence-corrected chi connectivity index (χ3v) is 4.54. The molecule has 6 nitrogen and oxygen atoms in total. The number of esters is 1. The van der Waals surface area contributed by atoms with E-state index in [4.69, 9.17) is 4.74 Å². The van der Waals surface area contributed by atoms with Gasteiger partial charge in [0.05, 0.1) is 5.69 Å². The van der Waals surface area contributed by atoms with Gasteiger partial charge in [-0.1, -0.05) is 48.5 Å². The first-order valence-corrected chi connectivity index (χ1v) is 9.69. The second-order valence-electron chi connectivity index (χ2n) is 6.69. The van der Waals surface area contributed by atoms with Gasteiger partial charge in [0.25, 0.3) is 0 Å². The van der Waals surface area contributed by atoms with Crippen LogP contribution in [0.2, 0.25) is 0 Å². The van der Waals surface area contributed by atoms with E-state index in [0.29, 0.717) is 11.3 Å². The minimum absolute atomic E-state index is 0.254. The average molecular weight is 409 g/mol. The molecular formula is C25H19N3O3. The van der Waals surface area contributed by atoms with Crippen LogP contribution in [-0.2, 0) is 9.53 Å². The number of nitrogens with zero attached hydrogens (tertiary/aromatic N) is 3. The lowest BCUT2D eigenvalue weighted by Crippen LogP contribution is -2.12. The van der Waals surface area contributed by atoms with E-state index >= 15 is 0 Å². The Morgan fingerprint density at radius 3 is 2.39 bits per heavy atom. The van der Waals surface area contributed by atoms with Gasteiger partial charge >= 0.3 is 5.97 Å². The number of carbonyl (C=O) groups is 2. The standard InChI is InChI=1S/C25H19N3O3/c29-23(19-8-3-1-4-9-19)18-31-24(30)14-13-21-17-28(22-11-5-2-6-12-22)27-25(21)20-10-7-15-26-16-20/h1-17H,18H2. The fourth-order valence-corrected chi connectivity index (χ4v) is 3.00. The number of Topliss-reactive ketones (excluding diaryl/α,β-unsaturated/α-hetero) is 1. The zero-order valence-electron chi connectivity index (χ0n) is 16.6. The number of ether oxygens (including phenoxy) is 1. The van der Waals surface area contributed by atoms with Gasteiger partial charge in [-0.15, -0.1) is 0 Å². The molecule has 0 saturated heterocycles. The van der Waals surface area contributed by atoms with E-state index in [1.807, 2.05) is 54.7 Å². The molecule has 0 fully saturated rings. The van der Waals surface area contributed by atoms with Crippen molar-refractivity contribution in [2.45, 2.75) is 0 Å². The Hall–Kier alpha value is -4.32. The zero-order valence-corrected chi connectivity index (χ0v) is 16.6. The van der Waals surface area contributed by atoms with Gasteiger partial charge in [0, 0.05) is 41.4 Å². The van der Waals surface area contributed by atoms with Crippen LogP contribution in [0.4, 0.5) is 0 Å². The summed E-state index contributed by atoms with van der Waals surface area (Å²) in [6.07, 6.45) is 8.16. The van der Waals surface area contributed by atoms with Crippen molar-refractivity contribution in [3.63, 3.8) is 0 Å². The highest BCUT2D eigenvalue weighted by Gasteiger charge is 2.12. The van der Waals surface area contributed by atoms with Crippen molar-refractivity contribution < 1.29 is 14.3 Å². The van der Waals surface area contributed by atoms with Crippen LogP contribution >= 0.6 is 0 Å². The van der Waals surface area contributed by atoms with Gasteiger partial charge in [-0.3, -0.25) is 9.78 Å². The maximum absolute atomic E-state index is 12.2. The zero-order chi connectivity index (χ0) is 21.5. The van der Waals surface area contributed by atoms with Gasteiger partial charge in [-0.25, -0.2) is 9.48 Å². The van der Waals surface area contributed by atoms with Crippen molar-refractivity contribution in [2.24, 2.45) is 0 Å². The molecule has 2 heterocycles. The highest BCUT2D eigenvalue weighted by molar-refractivity contribution is 5.99. The lowest BCUT2D eigenvalue weighted by atomic mass is 10.1. The average Bonchev–Trinajstić information content (AvgIpc) is 3.27. The summed E-state index contributed by atoms with van der Waals surface area (Å²) in [6.45, 7) is -0.314. The molecule has 4 rings (SSSR count). The third kappa shape index (κ3) is 5.00. The largest absolute Gasteiger partial charge is 0.454 e. The number of carbonyl (C=O) groups excluding carboxylic acids is 2.